The molecule has 0 saturated carbocycles. The molecule has 1 rings (SSSR count). The highest BCUT2D eigenvalue weighted by Gasteiger charge is 2.05. The van der Waals surface area contributed by atoms with E-state index in [9.17, 15) is 0 Å². The lowest BCUT2D eigenvalue weighted by Crippen LogP contribution is -2.01. The van der Waals surface area contributed by atoms with Gasteiger partial charge in [0.05, 0.1) is 5.71 Å². The standard InChI is InChI=1S/C12H14N2/c1-4-9-10(11(13)5-2)7-6-8-12(9)14-3/h4-8,13-14H,1-2H2,3H3. The van der Waals surface area contributed by atoms with Gasteiger partial charge in [-0.15, -0.1) is 0 Å². The van der Waals surface area contributed by atoms with Crippen LogP contribution in [0.4, 0.5) is 5.69 Å². The van der Waals surface area contributed by atoms with E-state index in [0.717, 1.165) is 16.8 Å². The lowest BCUT2D eigenvalue weighted by Gasteiger charge is -2.10. The van der Waals surface area contributed by atoms with Gasteiger partial charge in [-0.1, -0.05) is 31.4 Å². The van der Waals surface area contributed by atoms with E-state index in [0.29, 0.717) is 5.71 Å². The fraction of sp³-hybridized carbons (Fsp3) is 0.0833. The second-order valence-corrected chi connectivity index (χ2v) is 2.84. The first-order chi connectivity index (χ1) is 6.74. The summed E-state index contributed by atoms with van der Waals surface area (Å²) in [5.74, 6) is 0. The van der Waals surface area contributed by atoms with Gasteiger partial charge in [-0.05, 0) is 12.1 Å². The van der Waals surface area contributed by atoms with Crippen molar-refractivity contribution in [3.8, 4) is 0 Å². The highest BCUT2D eigenvalue weighted by atomic mass is 14.8. The van der Waals surface area contributed by atoms with Gasteiger partial charge in [0, 0.05) is 23.9 Å². The summed E-state index contributed by atoms with van der Waals surface area (Å²) in [4.78, 5) is 0. The maximum Gasteiger partial charge on any atom is 0.0613 e. The number of nitrogens with one attached hydrogen (secondary N) is 2. The number of rotatable bonds is 4. The molecule has 0 aromatic heterocycles. The predicted octanol–water partition coefficient (Wildman–Crippen LogP) is 2.93. The van der Waals surface area contributed by atoms with Crippen molar-refractivity contribution in [3.05, 3.63) is 48.6 Å². The summed E-state index contributed by atoms with van der Waals surface area (Å²) in [5.41, 5.74) is 3.18. The van der Waals surface area contributed by atoms with Gasteiger partial charge in [0.1, 0.15) is 0 Å². The number of hydrogen-bond acceptors (Lipinski definition) is 2. The van der Waals surface area contributed by atoms with Gasteiger partial charge in [0.25, 0.3) is 0 Å². The van der Waals surface area contributed by atoms with Crippen molar-refractivity contribution in [1.29, 1.82) is 5.41 Å². The molecule has 0 bridgehead atoms. The number of hydrogen-bond donors (Lipinski definition) is 2. The Morgan fingerprint density at radius 3 is 2.64 bits per heavy atom. The summed E-state index contributed by atoms with van der Waals surface area (Å²) >= 11 is 0. The molecule has 2 nitrogen and oxygen atoms in total. The molecule has 0 radical (unpaired) electrons. The van der Waals surface area contributed by atoms with Gasteiger partial charge in [-0.2, -0.15) is 0 Å². The summed E-state index contributed by atoms with van der Waals surface area (Å²) in [7, 11) is 1.85. The third-order valence-corrected chi connectivity index (χ3v) is 2.07. The van der Waals surface area contributed by atoms with Crippen molar-refractivity contribution in [3.63, 3.8) is 0 Å². The van der Waals surface area contributed by atoms with Crippen molar-refractivity contribution in [1.82, 2.24) is 0 Å². The molecule has 2 N–H and O–H groups in total. The molecule has 0 saturated heterocycles. The molecule has 0 atom stereocenters. The summed E-state index contributed by atoms with van der Waals surface area (Å²) in [6.45, 7) is 7.33. The van der Waals surface area contributed by atoms with Crippen molar-refractivity contribution in [2.75, 3.05) is 12.4 Å². The summed E-state index contributed by atoms with van der Waals surface area (Å²) in [6, 6.07) is 5.75. The first-order valence-corrected chi connectivity index (χ1v) is 4.39. The second kappa shape index (κ2) is 4.42. The van der Waals surface area contributed by atoms with Crippen LogP contribution in [0.25, 0.3) is 6.08 Å². The van der Waals surface area contributed by atoms with E-state index >= 15 is 0 Å². The third-order valence-electron chi connectivity index (χ3n) is 2.07. The molecule has 0 heterocycles. The Labute approximate surface area is 84.5 Å². The Morgan fingerprint density at radius 2 is 2.14 bits per heavy atom. The fourth-order valence-corrected chi connectivity index (χ4v) is 1.35. The van der Waals surface area contributed by atoms with E-state index < -0.39 is 0 Å². The van der Waals surface area contributed by atoms with Crippen molar-refractivity contribution in [2.45, 2.75) is 0 Å². The van der Waals surface area contributed by atoms with Crippen LogP contribution in [-0.2, 0) is 0 Å². The zero-order chi connectivity index (χ0) is 10.6. The molecule has 1 aromatic rings. The Morgan fingerprint density at radius 1 is 1.43 bits per heavy atom. The van der Waals surface area contributed by atoms with Crippen LogP contribution in [0.1, 0.15) is 11.1 Å². The highest BCUT2D eigenvalue weighted by Crippen LogP contribution is 2.21. The van der Waals surface area contributed by atoms with Crippen LogP contribution in [0.3, 0.4) is 0 Å². The van der Waals surface area contributed by atoms with E-state index in [2.05, 4.69) is 18.5 Å². The fourth-order valence-electron chi connectivity index (χ4n) is 1.35. The maximum absolute atomic E-state index is 7.70. The molecular weight excluding hydrogens is 172 g/mol. The first-order valence-electron chi connectivity index (χ1n) is 4.39. The summed E-state index contributed by atoms with van der Waals surface area (Å²) < 4.78 is 0. The molecule has 0 unspecified atom stereocenters. The number of anilines is 1. The average Bonchev–Trinajstić information content (AvgIpc) is 2.26. The highest BCUT2D eigenvalue weighted by molar-refractivity contribution is 6.09. The predicted molar refractivity (Wildman–Crippen MR) is 63.1 cm³/mol. The topological polar surface area (TPSA) is 35.9 Å². The van der Waals surface area contributed by atoms with Crippen LogP contribution < -0.4 is 5.32 Å². The zero-order valence-electron chi connectivity index (χ0n) is 8.30. The lowest BCUT2D eigenvalue weighted by atomic mass is 10.0. The molecule has 2 heteroatoms. The van der Waals surface area contributed by atoms with Crippen LogP contribution in [0, 0.1) is 5.41 Å². The van der Waals surface area contributed by atoms with Gasteiger partial charge >= 0.3 is 0 Å². The Kier molecular flexibility index (Phi) is 3.24. The molecule has 0 aliphatic rings. The maximum atomic E-state index is 7.70. The minimum atomic E-state index is 0.414. The number of allylic oxidation sites excluding steroid dienone is 1. The van der Waals surface area contributed by atoms with Crippen LogP contribution >= 0.6 is 0 Å². The van der Waals surface area contributed by atoms with Crippen LogP contribution in [-0.4, -0.2) is 12.8 Å². The van der Waals surface area contributed by atoms with Crippen molar-refractivity contribution < 1.29 is 0 Å². The number of benzene rings is 1. The first kappa shape index (κ1) is 10.3. The molecule has 0 amide bonds. The van der Waals surface area contributed by atoms with Gasteiger partial charge in [-0.25, -0.2) is 0 Å². The van der Waals surface area contributed by atoms with Crippen LogP contribution in [0.5, 0.6) is 0 Å². The summed E-state index contributed by atoms with van der Waals surface area (Å²) in [6.07, 6.45) is 3.28. The molecule has 72 valence electrons. The van der Waals surface area contributed by atoms with Crippen LogP contribution in [0.2, 0.25) is 0 Å². The molecular formula is C12H14N2. The monoisotopic (exact) mass is 186 g/mol. The van der Waals surface area contributed by atoms with E-state index in [1.165, 1.54) is 6.08 Å². The van der Waals surface area contributed by atoms with Crippen molar-refractivity contribution >= 4 is 17.5 Å². The minimum Gasteiger partial charge on any atom is -0.388 e. The molecule has 0 aliphatic heterocycles. The summed E-state index contributed by atoms with van der Waals surface area (Å²) in [5, 5.41) is 10.8. The van der Waals surface area contributed by atoms with E-state index in [4.69, 9.17) is 5.41 Å². The Balaban J connectivity index is 3.35. The minimum absolute atomic E-state index is 0.414. The van der Waals surface area contributed by atoms with Gasteiger partial charge in [0.15, 0.2) is 0 Å². The molecule has 0 spiro atoms. The SMILES string of the molecule is C=CC(=N)c1cccc(NC)c1C=C. The van der Waals surface area contributed by atoms with Gasteiger partial charge in [-0.3, -0.25) is 0 Å². The molecule has 14 heavy (non-hydrogen) atoms. The zero-order valence-corrected chi connectivity index (χ0v) is 8.30. The Bertz CT molecular complexity index is 378. The van der Waals surface area contributed by atoms with Gasteiger partial charge < -0.3 is 10.7 Å². The van der Waals surface area contributed by atoms with Crippen LogP contribution in [0.15, 0.2) is 37.4 Å². The average molecular weight is 186 g/mol. The molecule has 1 aromatic carbocycles. The molecule has 0 aliphatic carbocycles. The third kappa shape index (κ3) is 1.74. The van der Waals surface area contributed by atoms with E-state index in [1.54, 1.807) is 6.08 Å². The van der Waals surface area contributed by atoms with E-state index in [1.807, 2.05) is 25.2 Å². The van der Waals surface area contributed by atoms with Crippen molar-refractivity contribution in [2.24, 2.45) is 0 Å². The second-order valence-electron chi connectivity index (χ2n) is 2.84. The Hall–Kier alpha value is -1.83. The molecule has 0 fully saturated rings. The lowest BCUT2D eigenvalue weighted by molar-refractivity contribution is 1.45. The van der Waals surface area contributed by atoms with E-state index in [-0.39, 0.29) is 0 Å². The normalized spacial score (nSPS) is 9.21. The quantitative estimate of drug-likeness (QED) is 0.697. The van der Waals surface area contributed by atoms with Gasteiger partial charge in [0.2, 0.25) is 0 Å². The smallest absolute Gasteiger partial charge is 0.0613 e. The largest absolute Gasteiger partial charge is 0.388 e.